The summed E-state index contributed by atoms with van der Waals surface area (Å²) in [5.74, 6) is 0. The maximum Gasteiger partial charge on any atom is 0.417 e. The fourth-order valence-corrected chi connectivity index (χ4v) is 4.32. The topological polar surface area (TPSA) is 105 Å². The zero-order chi connectivity index (χ0) is 34.4. The van der Waals surface area contributed by atoms with Crippen LogP contribution in [0.5, 0.6) is 0 Å². The Bertz CT molecular complexity index is 1140. The Morgan fingerprint density at radius 2 is 1.02 bits per heavy atom. The molecule has 1 aromatic heterocycles. The van der Waals surface area contributed by atoms with Gasteiger partial charge in [-0.25, -0.2) is 14.4 Å². The van der Waals surface area contributed by atoms with Gasteiger partial charge < -0.3 is 28.9 Å². The fraction of sp³-hybridized carbons (Fsp3) is 0.733. The van der Waals surface area contributed by atoms with Crippen LogP contribution in [0, 0.1) is 0 Å². The lowest BCUT2D eigenvalue weighted by Gasteiger charge is -2.35. The van der Waals surface area contributed by atoms with Crippen molar-refractivity contribution < 1.29 is 41.8 Å². The Kier molecular flexibility index (Phi) is 12.8. The Morgan fingerprint density at radius 1 is 0.689 bits per heavy atom. The van der Waals surface area contributed by atoms with Gasteiger partial charge >= 0.3 is 24.5 Å². The van der Waals surface area contributed by atoms with Gasteiger partial charge in [0, 0.05) is 65.1 Å². The number of carbonyl (C=O) groups excluding carboxylic acids is 3. The second-order valence-corrected chi connectivity index (χ2v) is 14.2. The number of rotatable bonds is 2. The highest BCUT2D eigenvalue weighted by Gasteiger charge is 2.33. The molecule has 256 valence electrons. The minimum absolute atomic E-state index is 0.0469. The van der Waals surface area contributed by atoms with Crippen LogP contribution in [-0.2, 0) is 26.9 Å². The van der Waals surface area contributed by atoms with Gasteiger partial charge in [0.1, 0.15) is 16.8 Å². The molecule has 45 heavy (non-hydrogen) atoms. The third kappa shape index (κ3) is 13.9. The molecule has 11 nitrogen and oxygen atoms in total. The summed E-state index contributed by atoms with van der Waals surface area (Å²) >= 11 is 6.22. The Hall–Kier alpha value is -3.00. The molecule has 0 unspecified atom stereocenters. The highest BCUT2D eigenvalue weighted by atomic mass is 35.5. The van der Waals surface area contributed by atoms with Crippen LogP contribution in [0.4, 0.5) is 27.6 Å². The molecule has 1 saturated heterocycles. The number of carbonyl (C=O) groups is 3. The normalized spacial score (nSPS) is 16.9. The van der Waals surface area contributed by atoms with Gasteiger partial charge in [0.05, 0.1) is 16.3 Å². The first-order valence-corrected chi connectivity index (χ1v) is 15.2. The summed E-state index contributed by atoms with van der Waals surface area (Å²) in [7, 11) is 0. The molecule has 1 aliphatic heterocycles. The zero-order valence-corrected chi connectivity index (χ0v) is 28.5. The molecule has 0 atom stereocenters. The molecular weight excluding hydrogens is 619 g/mol. The highest BCUT2D eigenvalue weighted by Crippen LogP contribution is 2.31. The molecule has 0 N–H and O–H groups in total. The lowest BCUT2D eigenvalue weighted by atomic mass is 10.2. The second-order valence-electron chi connectivity index (χ2n) is 13.8. The fourth-order valence-electron chi connectivity index (χ4n) is 4.09. The van der Waals surface area contributed by atoms with Gasteiger partial charge in [-0.15, -0.1) is 0 Å². The lowest BCUT2D eigenvalue weighted by Crippen LogP contribution is -2.51. The first-order chi connectivity index (χ1) is 20.4. The number of amides is 3. The number of pyridine rings is 1. The number of nitrogens with zero attached hydrogens (tertiary/aromatic N) is 5. The summed E-state index contributed by atoms with van der Waals surface area (Å²) in [6, 6.07) is 0.825. The number of halogens is 4. The van der Waals surface area contributed by atoms with Crippen LogP contribution in [-0.4, -0.2) is 112 Å². The van der Waals surface area contributed by atoms with Gasteiger partial charge in [-0.3, -0.25) is 9.88 Å². The lowest BCUT2D eigenvalue weighted by molar-refractivity contribution is -0.137. The molecule has 2 rings (SSSR count). The van der Waals surface area contributed by atoms with Crippen LogP contribution < -0.4 is 0 Å². The third-order valence-electron chi connectivity index (χ3n) is 6.23. The van der Waals surface area contributed by atoms with Crippen LogP contribution in [0.1, 0.15) is 73.6 Å². The molecule has 0 spiro atoms. The summed E-state index contributed by atoms with van der Waals surface area (Å²) in [5.41, 5.74) is -3.09. The van der Waals surface area contributed by atoms with E-state index in [1.54, 1.807) is 62.3 Å². The van der Waals surface area contributed by atoms with Crippen molar-refractivity contribution in [3.05, 3.63) is 28.5 Å². The summed E-state index contributed by atoms with van der Waals surface area (Å²) in [6.07, 6.45) is -5.66. The van der Waals surface area contributed by atoms with Crippen molar-refractivity contribution in [3.8, 4) is 0 Å². The van der Waals surface area contributed by atoms with Crippen molar-refractivity contribution in [2.75, 3.05) is 52.4 Å². The van der Waals surface area contributed by atoms with Gasteiger partial charge in [-0.1, -0.05) is 11.6 Å². The molecule has 0 aliphatic carbocycles. The molecule has 0 radical (unpaired) electrons. The van der Waals surface area contributed by atoms with Crippen LogP contribution >= 0.6 is 11.6 Å². The van der Waals surface area contributed by atoms with Crippen LogP contribution in [0.15, 0.2) is 12.3 Å². The van der Waals surface area contributed by atoms with E-state index in [1.165, 1.54) is 14.7 Å². The number of hydrogen-bond donors (Lipinski definition) is 0. The summed E-state index contributed by atoms with van der Waals surface area (Å²) in [6.45, 7) is 16.8. The molecule has 1 fully saturated rings. The molecule has 1 aromatic rings. The van der Waals surface area contributed by atoms with Gasteiger partial charge in [-0.05, 0) is 68.4 Å². The minimum atomic E-state index is -4.60. The van der Waals surface area contributed by atoms with E-state index in [0.29, 0.717) is 0 Å². The molecular formula is C30H47ClF3N5O6. The first-order valence-electron chi connectivity index (χ1n) is 14.8. The molecule has 15 heteroatoms. The van der Waals surface area contributed by atoms with E-state index >= 15 is 0 Å². The summed E-state index contributed by atoms with van der Waals surface area (Å²) in [5, 5.41) is -0.156. The van der Waals surface area contributed by atoms with Crippen molar-refractivity contribution >= 4 is 29.9 Å². The minimum Gasteiger partial charge on any atom is -0.444 e. The van der Waals surface area contributed by atoms with E-state index < -0.39 is 46.8 Å². The maximum atomic E-state index is 13.2. The average Bonchev–Trinajstić information content (AvgIpc) is 2.82. The standard InChI is InChI=1S/C30H47ClF3N5O6/c1-27(2,3)43-24(40)37-12-10-36(20-23-22(31)18-21(19-35-23)30(32,33)34)11-13-38(25(41)44-28(4,5)6)15-17-39(16-14-37)26(42)45-29(7,8)9/h18-19H,10-17,20H2,1-9H3. The largest absolute Gasteiger partial charge is 0.444 e. The van der Waals surface area contributed by atoms with Gasteiger partial charge in [0.25, 0.3) is 0 Å². The smallest absolute Gasteiger partial charge is 0.417 e. The van der Waals surface area contributed by atoms with E-state index in [0.717, 1.165) is 12.3 Å². The monoisotopic (exact) mass is 665 g/mol. The van der Waals surface area contributed by atoms with Crippen LogP contribution in [0.25, 0.3) is 0 Å². The SMILES string of the molecule is CC(C)(C)OC(=O)N1CCN(Cc2ncc(C(F)(F)F)cc2Cl)CCN(C(=O)OC(C)(C)C)CCN(C(=O)OC(C)(C)C)CC1. The Balaban J connectivity index is 2.43. The van der Waals surface area contributed by atoms with Crippen LogP contribution in [0.2, 0.25) is 5.02 Å². The van der Waals surface area contributed by atoms with E-state index in [9.17, 15) is 27.6 Å². The van der Waals surface area contributed by atoms with Crippen molar-refractivity contribution in [2.45, 2.75) is 91.8 Å². The van der Waals surface area contributed by atoms with Crippen molar-refractivity contribution in [3.63, 3.8) is 0 Å². The number of alkyl halides is 3. The molecule has 1 aliphatic rings. The van der Waals surface area contributed by atoms with Gasteiger partial charge in [0.2, 0.25) is 0 Å². The highest BCUT2D eigenvalue weighted by molar-refractivity contribution is 6.31. The average molecular weight is 666 g/mol. The van der Waals surface area contributed by atoms with E-state index in [-0.39, 0.29) is 69.6 Å². The van der Waals surface area contributed by atoms with Gasteiger partial charge in [-0.2, -0.15) is 13.2 Å². The summed E-state index contributed by atoms with van der Waals surface area (Å²) < 4.78 is 56.4. The van der Waals surface area contributed by atoms with Crippen molar-refractivity contribution in [2.24, 2.45) is 0 Å². The van der Waals surface area contributed by atoms with Crippen molar-refractivity contribution in [1.82, 2.24) is 24.6 Å². The molecule has 3 amide bonds. The van der Waals surface area contributed by atoms with E-state index in [4.69, 9.17) is 25.8 Å². The third-order valence-corrected chi connectivity index (χ3v) is 6.55. The number of hydrogen-bond acceptors (Lipinski definition) is 8. The summed E-state index contributed by atoms with van der Waals surface area (Å²) in [4.78, 5) is 49.7. The molecule has 0 saturated carbocycles. The van der Waals surface area contributed by atoms with Crippen molar-refractivity contribution in [1.29, 1.82) is 0 Å². The van der Waals surface area contributed by atoms with E-state index in [2.05, 4.69) is 4.98 Å². The molecule has 2 heterocycles. The predicted octanol–water partition coefficient (Wildman–Crippen LogP) is 6.28. The first kappa shape index (κ1) is 38.2. The number of ether oxygens (including phenoxy) is 3. The zero-order valence-electron chi connectivity index (χ0n) is 27.7. The molecule has 0 bridgehead atoms. The maximum absolute atomic E-state index is 13.2. The van der Waals surface area contributed by atoms with Crippen LogP contribution in [0.3, 0.4) is 0 Å². The van der Waals surface area contributed by atoms with Gasteiger partial charge in [0.15, 0.2) is 0 Å². The quantitative estimate of drug-likeness (QED) is 0.340. The predicted molar refractivity (Wildman–Crippen MR) is 163 cm³/mol. The van der Waals surface area contributed by atoms with E-state index in [1.807, 2.05) is 4.90 Å². The Labute approximate surface area is 268 Å². The molecule has 0 aromatic carbocycles. The Morgan fingerprint density at radius 3 is 1.31 bits per heavy atom. The second kappa shape index (κ2) is 15.1. The number of aromatic nitrogens is 1.